The van der Waals surface area contributed by atoms with E-state index >= 15 is 0 Å². The van der Waals surface area contributed by atoms with E-state index in [0.717, 1.165) is 28.3 Å². The Morgan fingerprint density at radius 1 is 0.970 bits per heavy atom. The lowest BCUT2D eigenvalue weighted by Gasteiger charge is -2.28. The Bertz CT molecular complexity index is 1440. The number of aromatic nitrogens is 3. The average Bonchev–Trinajstić information content (AvgIpc) is 3.17. The lowest BCUT2D eigenvalue weighted by molar-refractivity contribution is 0.0478. The topological polar surface area (TPSA) is 67.4 Å². The summed E-state index contributed by atoms with van der Waals surface area (Å²) in [6, 6.07) is 17.7. The average molecular weight is 446 g/mol. The molecule has 0 radical (unpaired) electrons. The molecule has 33 heavy (non-hydrogen) atoms. The van der Waals surface area contributed by atoms with Crippen LogP contribution in [0.1, 0.15) is 31.2 Å². The van der Waals surface area contributed by atoms with Gasteiger partial charge in [0.1, 0.15) is 11.9 Å². The SMILES string of the molecule is CC(C)Oc1ccc([C@H]2OCCn3c(-c4ccccc4)c4c(=O)n(C)c(=O)n(C)c4c32)cc1. The number of aryl methyl sites for hydroxylation is 1. The maximum atomic E-state index is 13.4. The summed E-state index contributed by atoms with van der Waals surface area (Å²) in [7, 11) is 3.24. The van der Waals surface area contributed by atoms with Crippen LogP contribution in [-0.2, 0) is 25.4 Å². The Morgan fingerprint density at radius 2 is 1.67 bits per heavy atom. The van der Waals surface area contributed by atoms with Gasteiger partial charge in [-0.25, -0.2) is 4.79 Å². The summed E-state index contributed by atoms with van der Waals surface area (Å²) in [6.07, 6.45) is -0.327. The van der Waals surface area contributed by atoms with Crippen molar-refractivity contribution in [1.29, 1.82) is 0 Å². The second kappa shape index (κ2) is 8.08. The fraction of sp³-hybridized carbons (Fsp3) is 0.308. The van der Waals surface area contributed by atoms with E-state index in [4.69, 9.17) is 9.47 Å². The molecule has 0 aliphatic carbocycles. The van der Waals surface area contributed by atoms with Gasteiger partial charge in [-0.3, -0.25) is 13.9 Å². The van der Waals surface area contributed by atoms with Gasteiger partial charge in [-0.05, 0) is 37.1 Å². The first kappa shape index (κ1) is 21.3. The normalized spacial score (nSPS) is 15.7. The van der Waals surface area contributed by atoms with Gasteiger partial charge in [0, 0.05) is 20.6 Å². The van der Waals surface area contributed by atoms with Crippen LogP contribution in [-0.4, -0.2) is 26.4 Å². The molecule has 2 aromatic heterocycles. The Hall–Kier alpha value is -3.58. The quantitative estimate of drug-likeness (QED) is 0.481. The van der Waals surface area contributed by atoms with E-state index in [1.54, 1.807) is 11.6 Å². The van der Waals surface area contributed by atoms with Gasteiger partial charge in [-0.2, -0.15) is 0 Å². The smallest absolute Gasteiger partial charge is 0.331 e. The molecule has 0 spiro atoms. The number of fused-ring (bicyclic) bond motifs is 3. The Kier molecular flexibility index (Phi) is 5.21. The third-order valence-electron chi connectivity index (χ3n) is 6.15. The third kappa shape index (κ3) is 3.40. The maximum absolute atomic E-state index is 13.4. The van der Waals surface area contributed by atoms with Crippen LogP contribution in [0.5, 0.6) is 5.75 Å². The number of hydrogen-bond donors (Lipinski definition) is 0. The van der Waals surface area contributed by atoms with Crippen LogP contribution in [0.3, 0.4) is 0 Å². The van der Waals surface area contributed by atoms with E-state index in [1.165, 1.54) is 11.6 Å². The van der Waals surface area contributed by atoms with E-state index in [0.29, 0.717) is 24.1 Å². The highest BCUT2D eigenvalue weighted by atomic mass is 16.5. The molecule has 3 heterocycles. The van der Waals surface area contributed by atoms with Gasteiger partial charge in [0.15, 0.2) is 0 Å². The van der Waals surface area contributed by atoms with Crippen molar-refractivity contribution in [2.24, 2.45) is 14.1 Å². The van der Waals surface area contributed by atoms with E-state index in [-0.39, 0.29) is 17.4 Å². The van der Waals surface area contributed by atoms with Gasteiger partial charge in [-0.15, -0.1) is 0 Å². The predicted molar refractivity (Wildman–Crippen MR) is 128 cm³/mol. The zero-order chi connectivity index (χ0) is 23.3. The fourth-order valence-electron chi connectivity index (χ4n) is 4.72. The van der Waals surface area contributed by atoms with Crippen LogP contribution >= 0.6 is 0 Å². The summed E-state index contributed by atoms with van der Waals surface area (Å²) in [6.45, 7) is 5.07. The standard InChI is InChI=1S/C26H27N3O4/c1-16(2)33-19-12-10-18(11-13-19)24-23-22-20(25(30)28(4)26(31)27(22)3)21(29(23)14-15-32-24)17-8-6-5-7-9-17/h5-13,16,24H,14-15H2,1-4H3/t24-/m1/s1. The molecule has 170 valence electrons. The molecule has 5 rings (SSSR count). The molecular formula is C26H27N3O4. The molecule has 7 nitrogen and oxygen atoms in total. The van der Waals surface area contributed by atoms with Crippen molar-refractivity contribution in [2.75, 3.05) is 6.61 Å². The van der Waals surface area contributed by atoms with Crippen molar-refractivity contribution in [3.05, 3.63) is 86.7 Å². The molecule has 7 heteroatoms. The van der Waals surface area contributed by atoms with Crippen molar-refractivity contribution < 1.29 is 9.47 Å². The molecule has 0 saturated carbocycles. The molecule has 0 unspecified atom stereocenters. The highest BCUT2D eigenvalue weighted by molar-refractivity contribution is 5.96. The first-order valence-electron chi connectivity index (χ1n) is 11.1. The van der Waals surface area contributed by atoms with E-state index in [2.05, 4.69) is 4.57 Å². The number of benzene rings is 2. The van der Waals surface area contributed by atoms with Crippen molar-refractivity contribution in [2.45, 2.75) is 32.6 Å². The van der Waals surface area contributed by atoms with Gasteiger partial charge in [0.25, 0.3) is 5.56 Å². The van der Waals surface area contributed by atoms with Crippen LogP contribution in [0.15, 0.2) is 64.2 Å². The molecular weight excluding hydrogens is 418 g/mol. The zero-order valence-corrected chi connectivity index (χ0v) is 19.2. The minimum Gasteiger partial charge on any atom is -0.491 e. The van der Waals surface area contributed by atoms with E-state index in [9.17, 15) is 9.59 Å². The minimum atomic E-state index is -0.412. The highest BCUT2D eigenvalue weighted by Gasteiger charge is 2.33. The minimum absolute atomic E-state index is 0.0853. The summed E-state index contributed by atoms with van der Waals surface area (Å²) in [5.41, 5.74) is 3.49. The Balaban J connectivity index is 1.81. The number of ether oxygens (including phenoxy) is 2. The largest absolute Gasteiger partial charge is 0.491 e. The lowest BCUT2D eigenvalue weighted by atomic mass is 10.0. The van der Waals surface area contributed by atoms with Crippen molar-refractivity contribution in [3.63, 3.8) is 0 Å². The van der Waals surface area contributed by atoms with Crippen LogP contribution in [0.4, 0.5) is 0 Å². The first-order valence-corrected chi connectivity index (χ1v) is 11.1. The summed E-state index contributed by atoms with van der Waals surface area (Å²) >= 11 is 0. The number of hydrogen-bond acceptors (Lipinski definition) is 4. The van der Waals surface area contributed by atoms with Crippen LogP contribution < -0.4 is 16.0 Å². The number of nitrogens with zero attached hydrogens (tertiary/aromatic N) is 3. The summed E-state index contributed by atoms with van der Waals surface area (Å²) in [5, 5.41) is 0.538. The highest BCUT2D eigenvalue weighted by Crippen LogP contribution is 2.40. The zero-order valence-electron chi connectivity index (χ0n) is 19.2. The lowest BCUT2D eigenvalue weighted by Crippen LogP contribution is -2.37. The molecule has 1 aliphatic heterocycles. The third-order valence-corrected chi connectivity index (χ3v) is 6.15. The van der Waals surface area contributed by atoms with Crippen LogP contribution in [0, 0.1) is 0 Å². The molecule has 0 saturated heterocycles. The summed E-state index contributed by atoms with van der Waals surface area (Å²) < 4.78 is 16.9. The monoisotopic (exact) mass is 445 g/mol. The second-order valence-electron chi connectivity index (χ2n) is 8.67. The summed E-state index contributed by atoms with van der Waals surface area (Å²) in [5.74, 6) is 0.788. The maximum Gasteiger partial charge on any atom is 0.331 e. The second-order valence-corrected chi connectivity index (χ2v) is 8.67. The van der Waals surface area contributed by atoms with Crippen molar-refractivity contribution in [1.82, 2.24) is 13.7 Å². The summed E-state index contributed by atoms with van der Waals surface area (Å²) in [4.78, 5) is 26.3. The molecule has 0 amide bonds. The van der Waals surface area contributed by atoms with Gasteiger partial charge in [0.2, 0.25) is 0 Å². The van der Waals surface area contributed by atoms with Crippen LogP contribution in [0.2, 0.25) is 0 Å². The predicted octanol–water partition coefficient (Wildman–Crippen LogP) is 3.61. The van der Waals surface area contributed by atoms with Gasteiger partial charge in [0.05, 0.1) is 35.0 Å². The Morgan fingerprint density at radius 3 is 2.33 bits per heavy atom. The fourth-order valence-corrected chi connectivity index (χ4v) is 4.72. The van der Waals surface area contributed by atoms with Crippen molar-refractivity contribution >= 4 is 10.9 Å². The molecule has 1 aliphatic rings. The van der Waals surface area contributed by atoms with E-state index < -0.39 is 6.10 Å². The molecule has 2 aromatic carbocycles. The number of rotatable bonds is 4. The molecule has 1 atom stereocenters. The van der Waals surface area contributed by atoms with Crippen LogP contribution in [0.25, 0.3) is 22.2 Å². The van der Waals surface area contributed by atoms with Crippen molar-refractivity contribution in [3.8, 4) is 17.0 Å². The first-order chi connectivity index (χ1) is 15.9. The van der Waals surface area contributed by atoms with Gasteiger partial charge >= 0.3 is 5.69 Å². The Labute approximate surface area is 191 Å². The molecule has 0 bridgehead atoms. The van der Waals surface area contributed by atoms with E-state index in [1.807, 2.05) is 68.4 Å². The molecule has 0 fully saturated rings. The molecule has 4 aromatic rings. The van der Waals surface area contributed by atoms with Gasteiger partial charge in [-0.1, -0.05) is 42.5 Å². The molecule has 0 N–H and O–H groups in total. The van der Waals surface area contributed by atoms with Gasteiger partial charge < -0.3 is 14.0 Å².